The van der Waals surface area contributed by atoms with E-state index in [0.29, 0.717) is 6.61 Å². The van der Waals surface area contributed by atoms with Crippen molar-refractivity contribution in [3.8, 4) is 11.8 Å². The molecule has 1 rings (SSSR count). The van der Waals surface area contributed by atoms with E-state index < -0.39 is 6.10 Å². The van der Waals surface area contributed by atoms with Crippen LogP contribution in [0, 0.1) is 16.7 Å². The van der Waals surface area contributed by atoms with E-state index in [2.05, 4.69) is 6.07 Å². The molecule has 1 aromatic carbocycles. The van der Waals surface area contributed by atoms with Crippen molar-refractivity contribution in [2.24, 2.45) is 5.41 Å². The fourth-order valence-electron chi connectivity index (χ4n) is 1.62. The zero-order valence-electron chi connectivity index (χ0n) is 11.3. The molecule has 0 saturated carbocycles. The van der Waals surface area contributed by atoms with Crippen LogP contribution in [0.25, 0.3) is 0 Å². The number of benzene rings is 1. The second-order valence-electron chi connectivity index (χ2n) is 5.20. The number of hydrogen-bond acceptors (Lipinski definition) is 3. The molecule has 3 nitrogen and oxygen atoms in total. The molecule has 3 heteroatoms. The molecule has 0 fully saturated rings. The van der Waals surface area contributed by atoms with Crippen LogP contribution in [-0.4, -0.2) is 11.7 Å². The summed E-state index contributed by atoms with van der Waals surface area (Å²) in [6, 6.07) is 9.74. The first-order chi connectivity index (χ1) is 8.44. The van der Waals surface area contributed by atoms with Crippen LogP contribution in [0.15, 0.2) is 24.3 Å². The summed E-state index contributed by atoms with van der Waals surface area (Å²) in [6.45, 7) is 6.19. The van der Waals surface area contributed by atoms with Crippen molar-refractivity contribution in [1.82, 2.24) is 0 Å². The third-order valence-electron chi connectivity index (χ3n) is 2.86. The van der Waals surface area contributed by atoms with Gasteiger partial charge in [0.2, 0.25) is 0 Å². The normalized spacial score (nSPS) is 12.8. The molecule has 0 radical (unpaired) electrons. The van der Waals surface area contributed by atoms with E-state index >= 15 is 0 Å². The van der Waals surface area contributed by atoms with E-state index in [4.69, 9.17) is 10.00 Å². The molecule has 0 spiro atoms. The Morgan fingerprint density at radius 1 is 1.44 bits per heavy atom. The average Bonchev–Trinajstić information content (AvgIpc) is 2.35. The van der Waals surface area contributed by atoms with Gasteiger partial charge in [0.1, 0.15) is 5.75 Å². The molecule has 1 atom stereocenters. The minimum Gasteiger partial charge on any atom is -0.494 e. The maximum Gasteiger partial charge on any atom is 0.119 e. The molecular formula is C15H21NO2. The number of aliphatic hydroxyl groups is 1. The van der Waals surface area contributed by atoms with Crippen LogP contribution >= 0.6 is 0 Å². The van der Waals surface area contributed by atoms with Crippen LogP contribution in [0.1, 0.15) is 45.3 Å². The van der Waals surface area contributed by atoms with Gasteiger partial charge in [-0.3, -0.25) is 0 Å². The molecule has 0 aromatic heterocycles. The number of hydrogen-bond donors (Lipinski definition) is 1. The van der Waals surface area contributed by atoms with Crippen molar-refractivity contribution in [2.45, 2.75) is 39.7 Å². The standard InChI is InChI=1S/C15H21NO2/c1-12(17)13-6-4-7-14(10-13)18-9-5-8-15(2,3)11-16/h4,6-7,10,12,17H,5,8-9H2,1-3H3/t12-/m1/s1. The molecule has 1 aromatic rings. The van der Waals surface area contributed by atoms with Crippen LogP contribution in [-0.2, 0) is 0 Å². The average molecular weight is 247 g/mol. The molecule has 0 bridgehead atoms. The van der Waals surface area contributed by atoms with Gasteiger partial charge in [0.15, 0.2) is 0 Å². The minimum atomic E-state index is -0.480. The predicted octanol–water partition coefficient (Wildman–Crippen LogP) is 3.45. The van der Waals surface area contributed by atoms with Gasteiger partial charge < -0.3 is 9.84 Å². The lowest BCUT2D eigenvalue weighted by atomic mass is 9.90. The fourth-order valence-corrected chi connectivity index (χ4v) is 1.62. The molecule has 0 unspecified atom stereocenters. The second kappa shape index (κ2) is 6.42. The number of aliphatic hydroxyl groups excluding tert-OH is 1. The smallest absolute Gasteiger partial charge is 0.119 e. The highest BCUT2D eigenvalue weighted by molar-refractivity contribution is 5.29. The Hall–Kier alpha value is -1.53. The highest BCUT2D eigenvalue weighted by atomic mass is 16.5. The summed E-state index contributed by atoms with van der Waals surface area (Å²) in [7, 11) is 0. The summed E-state index contributed by atoms with van der Waals surface area (Å²) in [4.78, 5) is 0. The van der Waals surface area contributed by atoms with Gasteiger partial charge >= 0.3 is 0 Å². The first-order valence-electron chi connectivity index (χ1n) is 6.27. The Labute approximate surface area is 109 Å². The van der Waals surface area contributed by atoms with Gasteiger partial charge in [0, 0.05) is 0 Å². The van der Waals surface area contributed by atoms with E-state index in [-0.39, 0.29) is 5.41 Å². The predicted molar refractivity (Wildman–Crippen MR) is 71.2 cm³/mol. The van der Waals surface area contributed by atoms with Gasteiger partial charge in [-0.25, -0.2) is 0 Å². The summed E-state index contributed by atoms with van der Waals surface area (Å²) in [6.07, 6.45) is 1.19. The summed E-state index contributed by atoms with van der Waals surface area (Å²) in [5.74, 6) is 0.767. The number of nitrogens with zero attached hydrogens (tertiary/aromatic N) is 1. The SMILES string of the molecule is C[C@@H](O)c1cccc(OCCCC(C)(C)C#N)c1. The van der Waals surface area contributed by atoms with Crippen LogP contribution < -0.4 is 4.74 Å². The largest absolute Gasteiger partial charge is 0.494 e. The maximum absolute atomic E-state index is 9.47. The van der Waals surface area contributed by atoms with Crippen molar-refractivity contribution in [2.75, 3.05) is 6.61 Å². The quantitative estimate of drug-likeness (QED) is 0.783. The minimum absolute atomic E-state index is 0.287. The number of rotatable bonds is 6. The maximum atomic E-state index is 9.47. The first kappa shape index (κ1) is 14.5. The molecule has 0 saturated heterocycles. The summed E-state index contributed by atoms with van der Waals surface area (Å²) in [5.41, 5.74) is 0.565. The van der Waals surface area contributed by atoms with Crippen molar-refractivity contribution >= 4 is 0 Å². The van der Waals surface area contributed by atoms with E-state index in [9.17, 15) is 5.11 Å². The lowest BCUT2D eigenvalue weighted by molar-refractivity contribution is 0.198. The lowest BCUT2D eigenvalue weighted by Gasteiger charge is -2.15. The van der Waals surface area contributed by atoms with E-state index in [1.54, 1.807) is 6.92 Å². The summed E-state index contributed by atoms with van der Waals surface area (Å²) >= 11 is 0. The molecule has 0 aliphatic rings. The van der Waals surface area contributed by atoms with E-state index in [1.165, 1.54) is 0 Å². The lowest BCUT2D eigenvalue weighted by Crippen LogP contribution is -2.10. The van der Waals surface area contributed by atoms with Gasteiger partial charge in [-0.05, 0) is 51.3 Å². The van der Waals surface area contributed by atoms with Crippen molar-refractivity contribution in [1.29, 1.82) is 5.26 Å². The molecule has 18 heavy (non-hydrogen) atoms. The van der Waals surface area contributed by atoms with Crippen LogP contribution in [0.5, 0.6) is 5.75 Å². The zero-order valence-corrected chi connectivity index (χ0v) is 11.3. The molecule has 98 valence electrons. The molecule has 0 amide bonds. The van der Waals surface area contributed by atoms with Crippen LogP contribution in [0.4, 0.5) is 0 Å². The van der Waals surface area contributed by atoms with Gasteiger partial charge in [0.05, 0.1) is 24.2 Å². The van der Waals surface area contributed by atoms with Gasteiger partial charge in [-0.15, -0.1) is 0 Å². The van der Waals surface area contributed by atoms with Crippen molar-refractivity contribution in [3.63, 3.8) is 0 Å². The fraction of sp³-hybridized carbons (Fsp3) is 0.533. The van der Waals surface area contributed by atoms with E-state index in [1.807, 2.05) is 38.1 Å². The second-order valence-corrected chi connectivity index (χ2v) is 5.20. The molecule has 0 aliphatic carbocycles. The van der Waals surface area contributed by atoms with Gasteiger partial charge in [-0.2, -0.15) is 5.26 Å². The Morgan fingerprint density at radius 3 is 2.78 bits per heavy atom. The Kier molecular flexibility index (Phi) is 5.18. The Balaban J connectivity index is 2.41. The highest BCUT2D eigenvalue weighted by Crippen LogP contribution is 2.22. The summed E-state index contributed by atoms with van der Waals surface area (Å²) in [5, 5.41) is 18.4. The highest BCUT2D eigenvalue weighted by Gasteiger charge is 2.15. The molecular weight excluding hydrogens is 226 g/mol. The Bertz CT molecular complexity index is 419. The molecule has 0 aliphatic heterocycles. The van der Waals surface area contributed by atoms with Gasteiger partial charge in [0.25, 0.3) is 0 Å². The third kappa shape index (κ3) is 4.77. The van der Waals surface area contributed by atoms with Crippen molar-refractivity contribution < 1.29 is 9.84 Å². The number of ether oxygens (including phenoxy) is 1. The first-order valence-corrected chi connectivity index (χ1v) is 6.27. The monoisotopic (exact) mass is 247 g/mol. The van der Waals surface area contributed by atoms with Crippen LogP contribution in [0.3, 0.4) is 0 Å². The number of nitriles is 1. The summed E-state index contributed by atoms with van der Waals surface area (Å²) < 4.78 is 5.62. The van der Waals surface area contributed by atoms with E-state index in [0.717, 1.165) is 24.2 Å². The van der Waals surface area contributed by atoms with Gasteiger partial charge in [-0.1, -0.05) is 12.1 Å². The van der Waals surface area contributed by atoms with Crippen LogP contribution in [0.2, 0.25) is 0 Å². The molecule has 0 heterocycles. The topological polar surface area (TPSA) is 53.2 Å². The Morgan fingerprint density at radius 2 is 2.17 bits per heavy atom. The third-order valence-corrected chi connectivity index (χ3v) is 2.86. The zero-order chi connectivity index (χ0) is 13.6. The molecule has 1 N–H and O–H groups in total. The van der Waals surface area contributed by atoms with Crippen molar-refractivity contribution in [3.05, 3.63) is 29.8 Å².